The molecule has 0 radical (unpaired) electrons. The number of hydrogen-bond donors (Lipinski definition) is 3. The second-order valence-electron chi connectivity index (χ2n) is 17.5. The number of aliphatic hydroxyl groups excluding tert-OH is 1. The van der Waals surface area contributed by atoms with Crippen LogP contribution in [0.5, 0.6) is 46.0 Å². The Labute approximate surface area is 445 Å². The van der Waals surface area contributed by atoms with Gasteiger partial charge in [0.25, 0.3) is 0 Å². The zero-order valence-electron chi connectivity index (χ0n) is 40.2. The molecule has 5 heterocycles. The molecule has 3 aromatic heterocycles. The summed E-state index contributed by atoms with van der Waals surface area (Å²) in [5, 5.41) is 11.5. The van der Waals surface area contributed by atoms with E-state index in [1.165, 1.54) is 19.9 Å². The smallest absolute Gasteiger partial charge is 0.187 e. The van der Waals surface area contributed by atoms with Crippen molar-refractivity contribution >= 4 is 67.3 Å². The first-order valence-corrected chi connectivity index (χ1v) is 23.9. The maximum Gasteiger partial charge on any atom is 0.187 e. The van der Waals surface area contributed by atoms with E-state index in [1.807, 2.05) is 194 Å². The number of ether oxygens (including phenoxy) is 4. The number of nitrogens with zero attached hydrogens (tertiary/aromatic N) is 6. The normalized spacial score (nSPS) is 11.4. The fourth-order valence-electron chi connectivity index (χ4n) is 8.76. The number of hydrogen-bond acceptors (Lipinski definition) is 12. The predicted octanol–water partition coefficient (Wildman–Crippen LogP) is 13.9. The largest absolute Gasteiger partial charge is 0.512 e. The average molecular weight is 1010 g/mol. The molecule has 8 bridgehead atoms. The van der Waals surface area contributed by atoms with E-state index in [9.17, 15) is 4.79 Å². The van der Waals surface area contributed by atoms with Crippen molar-refractivity contribution in [3.8, 4) is 91.5 Å². The highest BCUT2D eigenvalue weighted by Crippen LogP contribution is 2.41. The Hall–Kier alpha value is -9.94. The Morgan fingerprint density at radius 1 is 0.368 bits per heavy atom. The first-order valence-electron chi connectivity index (χ1n) is 23.9. The van der Waals surface area contributed by atoms with Crippen LogP contribution in [0.2, 0.25) is 0 Å². The fraction of sp³-hybridized carbons (Fsp3) is 0.0328. The van der Waals surface area contributed by atoms with Crippen LogP contribution in [0.3, 0.4) is 0 Å². The molecule has 14 nitrogen and oxygen atoms in total. The lowest BCUT2D eigenvalue weighted by Crippen LogP contribution is -1.87. The van der Waals surface area contributed by atoms with E-state index in [-0.39, 0.29) is 28.9 Å². The van der Waals surface area contributed by atoms with Crippen LogP contribution in [0, 0.1) is 0 Å². The van der Waals surface area contributed by atoms with Crippen molar-refractivity contribution in [2.45, 2.75) is 13.8 Å². The number of aromatic amines is 2. The summed E-state index contributed by atoms with van der Waals surface area (Å²) >= 11 is 0. The summed E-state index contributed by atoms with van der Waals surface area (Å²) in [6.07, 6.45) is 1.17. The zero-order chi connectivity index (χ0) is 50.8. The standard InChI is InChI=1S/C56H34N8O4.C5H8O2.Al.3H/c1-5-13-33(14-6-1)65-37-21-25-41-45(29-37)53-57-49(41)62-54-47-31-39(67-35-17-9-3-10-18-35)23-27-43(47)51(59-54)64-56-48-32-40(68-36-19-11-4-12-20-36)24-28-44(48)52(60-56)63-55-46-30-38(66-34-15-7-2-8-16-34)22-26-42(46)50(58-55)61-53;1-4(6)3-5(2)7;;;;/h1-32H,(H2,57,58,59,60,61,62,63,64);3,6H,1-2H3;;;;/b;4-3-;;;;. The van der Waals surface area contributed by atoms with Gasteiger partial charge in [-0.25, -0.2) is 29.9 Å². The minimum atomic E-state index is -0.125. The lowest BCUT2D eigenvalue weighted by atomic mass is 10.1. The maximum atomic E-state index is 10.0. The summed E-state index contributed by atoms with van der Waals surface area (Å²) in [5.41, 5.74) is 5.12. The summed E-state index contributed by atoms with van der Waals surface area (Å²) in [6.45, 7) is 2.85. The van der Waals surface area contributed by atoms with Gasteiger partial charge in [-0.15, -0.1) is 0 Å². The van der Waals surface area contributed by atoms with Crippen LogP contribution in [-0.2, 0) is 4.79 Å². The van der Waals surface area contributed by atoms with Crippen molar-refractivity contribution < 1.29 is 28.8 Å². The van der Waals surface area contributed by atoms with Gasteiger partial charge in [0.2, 0.25) is 0 Å². The van der Waals surface area contributed by atoms with E-state index in [0.717, 1.165) is 43.8 Å². The van der Waals surface area contributed by atoms with Gasteiger partial charge in [0.05, 0.1) is 5.76 Å². The van der Waals surface area contributed by atoms with Crippen LogP contribution < -0.4 is 18.9 Å². The molecule has 368 valence electrons. The number of aromatic nitrogens is 8. The van der Waals surface area contributed by atoms with Crippen molar-refractivity contribution in [1.82, 2.24) is 39.9 Å². The molecule has 0 atom stereocenters. The molecule has 0 saturated carbocycles. The summed E-state index contributed by atoms with van der Waals surface area (Å²) in [6, 6.07) is 62.0. The third-order valence-electron chi connectivity index (χ3n) is 12.0. The summed E-state index contributed by atoms with van der Waals surface area (Å²) in [4.78, 5) is 48.4. The summed E-state index contributed by atoms with van der Waals surface area (Å²) in [7, 11) is 0. The monoisotopic (exact) mass is 1010 g/mol. The summed E-state index contributed by atoms with van der Waals surface area (Å²) < 4.78 is 25.3. The van der Waals surface area contributed by atoms with Crippen molar-refractivity contribution in [3.05, 3.63) is 206 Å². The molecule has 0 spiro atoms. The van der Waals surface area contributed by atoms with E-state index in [2.05, 4.69) is 9.97 Å². The first kappa shape index (κ1) is 48.3. The Balaban J connectivity index is 0.000000723. The number of fused-ring (bicyclic) bond motifs is 20. The Bertz CT molecular complexity index is 3930. The number of carbonyl (C=O) groups excluding carboxylic acids is 1. The van der Waals surface area contributed by atoms with Gasteiger partial charge in [-0.1, -0.05) is 72.8 Å². The van der Waals surface area contributed by atoms with Gasteiger partial charge < -0.3 is 34.0 Å². The van der Waals surface area contributed by atoms with E-state index in [4.69, 9.17) is 54.0 Å². The number of carbonyl (C=O) groups is 1. The number of H-pyrrole nitrogens is 2. The highest BCUT2D eigenvalue weighted by Gasteiger charge is 2.24. The number of para-hydroxylation sites is 4. The second kappa shape index (κ2) is 20.9. The Kier molecular flexibility index (Phi) is 13.3. The number of nitrogens with one attached hydrogen (secondary N) is 2. The molecule has 15 heteroatoms. The van der Waals surface area contributed by atoms with Crippen molar-refractivity contribution in [2.75, 3.05) is 0 Å². The second-order valence-corrected chi connectivity index (χ2v) is 17.5. The molecule has 2 aliphatic heterocycles. The van der Waals surface area contributed by atoms with Gasteiger partial charge in [-0.2, -0.15) is 0 Å². The van der Waals surface area contributed by atoms with Crippen molar-refractivity contribution in [3.63, 3.8) is 0 Å². The highest BCUT2D eigenvalue weighted by molar-refractivity contribution is 6.07. The molecule has 0 unspecified atom stereocenters. The van der Waals surface area contributed by atoms with Gasteiger partial charge in [-0.3, -0.25) is 4.79 Å². The van der Waals surface area contributed by atoms with Gasteiger partial charge >= 0.3 is 0 Å². The molecule has 3 N–H and O–H groups in total. The zero-order valence-corrected chi connectivity index (χ0v) is 40.2. The van der Waals surface area contributed by atoms with Gasteiger partial charge in [-0.05, 0) is 135 Å². The van der Waals surface area contributed by atoms with Crippen LogP contribution in [0.1, 0.15) is 13.8 Å². The van der Waals surface area contributed by atoms with E-state index < -0.39 is 0 Å². The third kappa shape index (κ3) is 10.2. The highest BCUT2D eigenvalue weighted by atomic mass is 27.0. The van der Waals surface area contributed by atoms with Gasteiger partial charge in [0.1, 0.15) is 68.6 Å². The Morgan fingerprint density at radius 3 is 0.987 bits per heavy atom. The molecule has 0 amide bonds. The predicted molar refractivity (Wildman–Crippen MR) is 299 cm³/mol. The van der Waals surface area contributed by atoms with Crippen LogP contribution in [0.4, 0.5) is 0 Å². The third-order valence-corrected chi connectivity index (χ3v) is 12.0. The molecule has 0 aliphatic carbocycles. The average Bonchev–Trinajstić information content (AvgIpc) is 4.20. The topological polar surface area (TPSA) is 183 Å². The SMILES string of the molecule is CC(=O)/C=C(/C)O.[AlH3].c1ccc(Oc2ccc3c(c2)-c2nc-3nc3[nH]c(nc4nc(nc5[nH]c(n2)c2ccc(Oc6ccccc6)cc52)-c2ccc(Oc5ccccc5)cc2-4)c2ccc(Oc4ccccc4)cc32)cc1. The van der Waals surface area contributed by atoms with Crippen LogP contribution in [0.15, 0.2) is 206 Å². The molecule has 2 aliphatic rings. The van der Waals surface area contributed by atoms with Gasteiger partial charge in [0.15, 0.2) is 46.4 Å². The van der Waals surface area contributed by atoms with Crippen LogP contribution in [0.25, 0.3) is 89.7 Å². The number of aliphatic hydroxyl groups is 1. The number of rotatable bonds is 9. The number of allylic oxidation sites excluding steroid dienone is 2. The van der Waals surface area contributed by atoms with Crippen LogP contribution >= 0.6 is 0 Å². The fourth-order valence-corrected chi connectivity index (χ4v) is 8.76. The first-order chi connectivity index (χ1) is 36.7. The summed E-state index contributed by atoms with van der Waals surface area (Å²) in [5.74, 6) is 7.01. The lowest BCUT2D eigenvalue weighted by Gasteiger charge is -2.07. The van der Waals surface area contributed by atoms with Crippen molar-refractivity contribution in [2.24, 2.45) is 0 Å². The molecule has 0 fully saturated rings. The number of ketones is 1. The Morgan fingerprint density at radius 2 is 0.671 bits per heavy atom. The minimum Gasteiger partial charge on any atom is -0.512 e. The van der Waals surface area contributed by atoms with E-state index >= 15 is 0 Å². The quantitative estimate of drug-likeness (QED) is 0.0708. The molecule has 8 aromatic carbocycles. The molecular weight excluding hydrogens is 968 g/mol. The van der Waals surface area contributed by atoms with E-state index in [1.54, 1.807) is 0 Å². The molecule has 0 saturated heterocycles. The van der Waals surface area contributed by atoms with Gasteiger partial charge in [0, 0.05) is 49.9 Å². The molecule has 11 aromatic rings. The molecular formula is C61H45AlN8O6. The van der Waals surface area contributed by atoms with Crippen LogP contribution in [-0.4, -0.2) is 68.1 Å². The molecule has 13 rings (SSSR count). The molecule has 76 heavy (non-hydrogen) atoms. The number of benzene rings is 8. The lowest BCUT2D eigenvalue weighted by molar-refractivity contribution is -0.112. The maximum absolute atomic E-state index is 10.0. The van der Waals surface area contributed by atoms with E-state index in [0.29, 0.717) is 91.9 Å². The van der Waals surface area contributed by atoms with Crippen molar-refractivity contribution in [1.29, 1.82) is 0 Å². The minimum absolute atomic E-state index is 0.